The molecule has 0 bridgehead atoms. The number of pyridine rings is 1. The molecular weight excluding hydrogens is 378 g/mol. The summed E-state index contributed by atoms with van der Waals surface area (Å²) in [6.07, 6.45) is 1.14. The van der Waals surface area contributed by atoms with Crippen LogP contribution in [0.5, 0.6) is 11.5 Å². The summed E-state index contributed by atoms with van der Waals surface area (Å²) in [6.45, 7) is 1.88. The van der Waals surface area contributed by atoms with Gasteiger partial charge >= 0.3 is 0 Å². The number of aromatic nitrogens is 1. The molecule has 0 aliphatic carbocycles. The Morgan fingerprint density at radius 3 is 2.75 bits per heavy atom. The molecule has 6 nitrogen and oxygen atoms in total. The third kappa shape index (κ3) is 4.72. The van der Waals surface area contributed by atoms with Crippen LogP contribution in [-0.2, 0) is 0 Å². The van der Waals surface area contributed by atoms with Crippen molar-refractivity contribution in [1.82, 2.24) is 4.98 Å². The molecule has 144 valence electrons. The van der Waals surface area contributed by atoms with E-state index in [1.807, 2.05) is 31.2 Å². The number of carbonyl (C=O) groups excluding carboxylic acids is 1. The van der Waals surface area contributed by atoms with Gasteiger partial charge in [-0.05, 0) is 42.8 Å². The van der Waals surface area contributed by atoms with Gasteiger partial charge in [0.2, 0.25) is 0 Å². The third-order valence-corrected chi connectivity index (χ3v) is 4.30. The maximum atomic E-state index is 12.5. The third-order valence-electron chi connectivity index (χ3n) is 4.10. The average molecular weight is 398 g/mol. The van der Waals surface area contributed by atoms with Gasteiger partial charge in [-0.25, -0.2) is 4.98 Å². The van der Waals surface area contributed by atoms with Crippen LogP contribution in [0.25, 0.3) is 0 Å². The molecule has 0 saturated carbocycles. The molecule has 2 aromatic carbocycles. The number of benzene rings is 2. The molecule has 3 N–H and O–H groups in total. The number of nitrogen functional groups attached to an aromatic ring is 1. The van der Waals surface area contributed by atoms with E-state index in [-0.39, 0.29) is 17.8 Å². The number of hydrogen-bond acceptors (Lipinski definition) is 5. The van der Waals surface area contributed by atoms with E-state index < -0.39 is 0 Å². The zero-order chi connectivity index (χ0) is 20.1. The number of anilines is 2. The highest BCUT2D eigenvalue weighted by Gasteiger charge is 2.13. The Morgan fingerprint density at radius 1 is 1.18 bits per heavy atom. The molecule has 3 aromatic rings. The minimum atomic E-state index is -0.323. The zero-order valence-corrected chi connectivity index (χ0v) is 16.2. The Kier molecular flexibility index (Phi) is 6.01. The largest absolute Gasteiger partial charge is 0.497 e. The molecule has 0 aliphatic heterocycles. The summed E-state index contributed by atoms with van der Waals surface area (Å²) < 4.78 is 11.0. The topological polar surface area (TPSA) is 86.5 Å². The highest BCUT2D eigenvalue weighted by Crippen LogP contribution is 2.29. The monoisotopic (exact) mass is 397 g/mol. The molecular formula is C21H20ClN3O3. The summed E-state index contributed by atoms with van der Waals surface area (Å²) in [5.74, 6) is 1.06. The summed E-state index contributed by atoms with van der Waals surface area (Å²) in [7, 11) is 1.56. The minimum Gasteiger partial charge on any atom is -0.497 e. The number of methoxy groups -OCH3 is 1. The van der Waals surface area contributed by atoms with Crippen molar-refractivity contribution in [2.24, 2.45) is 0 Å². The number of nitrogens with zero attached hydrogens (tertiary/aromatic N) is 1. The first-order valence-corrected chi connectivity index (χ1v) is 8.97. The van der Waals surface area contributed by atoms with E-state index in [1.54, 1.807) is 37.4 Å². The van der Waals surface area contributed by atoms with Crippen LogP contribution in [0.2, 0.25) is 5.02 Å². The molecule has 1 heterocycles. The smallest absolute Gasteiger partial charge is 0.255 e. The van der Waals surface area contributed by atoms with E-state index in [0.29, 0.717) is 27.8 Å². The highest BCUT2D eigenvalue weighted by atomic mass is 35.5. The van der Waals surface area contributed by atoms with Crippen molar-refractivity contribution >= 4 is 29.0 Å². The standard InChI is InChI=1S/C21H20ClN3O3/c1-13(28-19-11-16(22)12-24-20(19)23)14-5-3-7-17(9-14)25-21(26)15-6-4-8-18(10-15)27-2/h3-13H,1-2H3,(H2,23,24)(H,25,26)/t13-/m0/s1. The van der Waals surface area contributed by atoms with Gasteiger partial charge in [-0.2, -0.15) is 0 Å². The van der Waals surface area contributed by atoms with Crippen molar-refractivity contribution in [2.45, 2.75) is 13.0 Å². The van der Waals surface area contributed by atoms with Gasteiger partial charge in [0.15, 0.2) is 11.6 Å². The Hall–Kier alpha value is -3.25. The number of ether oxygens (including phenoxy) is 2. The van der Waals surface area contributed by atoms with E-state index in [2.05, 4.69) is 10.3 Å². The van der Waals surface area contributed by atoms with E-state index in [1.165, 1.54) is 6.20 Å². The fourth-order valence-corrected chi connectivity index (χ4v) is 2.77. The zero-order valence-electron chi connectivity index (χ0n) is 15.5. The predicted molar refractivity (Wildman–Crippen MR) is 110 cm³/mol. The van der Waals surface area contributed by atoms with Crippen molar-refractivity contribution in [1.29, 1.82) is 0 Å². The van der Waals surface area contributed by atoms with Gasteiger partial charge in [-0.3, -0.25) is 4.79 Å². The quantitative estimate of drug-likeness (QED) is 0.628. The first-order chi connectivity index (χ1) is 13.5. The lowest BCUT2D eigenvalue weighted by molar-refractivity contribution is 0.102. The number of amides is 1. The number of halogens is 1. The molecule has 0 unspecified atom stereocenters. The van der Waals surface area contributed by atoms with Gasteiger partial charge in [0.1, 0.15) is 11.9 Å². The predicted octanol–water partition coefficient (Wildman–Crippen LogP) is 4.72. The van der Waals surface area contributed by atoms with E-state index in [0.717, 1.165) is 5.56 Å². The van der Waals surface area contributed by atoms with E-state index >= 15 is 0 Å². The SMILES string of the molecule is COc1cccc(C(=O)Nc2cccc([C@H](C)Oc3cc(Cl)cnc3N)c2)c1. The molecule has 0 aliphatic rings. The number of nitrogens with two attached hydrogens (primary N) is 1. The molecule has 0 fully saturated rings. The molecule has 0 saturated heterocycles. The molecule has 0 radical (unpaired) electrons. The number of carbonyl (C=O) groups is 1. The lowest BCUT2D eigenvalue weighted by Crippen LogP contribution is -2.12. The summed E-state index contributed by atoms with van der Waals surface area (Å²) in [6, 6.07) is 16.0. The van der Waals surface area contributed by atoms with E-state index in [9.17, 15) is 4.79 Å². The Morgan fingerprint density at radius 2 is 1.96 bits per heavy atom. The number of hydrogen-bond donors (Lipinski definition) is 2. The van der Waals surface area contributed by atoms with Gasteiger partial charge in [-0.1, -0.05) is 29.8 Å². The maximum Gasteiger partial charge on any atom is 0.255 e. The van der Waals surface area contributed by atoms with Crippen molar-refractivity contribution in [3.05, 3.63) is 76.9 Å². The molecule has 28 heavy (non-hydrogen) atoms. The normalized spacial score (nSPS) is 11.5. The van der Waals surface area contributed by atoms with Crippen LogP contribution in [0, 0.1) is 0 Å². The van der Waals surface area contributed by atoms with Crippen molar-refractivity contribution in [3.63, 3.8) is 0 Å². The summed E-state index contributed by atoms with van der Waals surface area (Å²) in [4.78, 5) is 16.5. The van der Waals surface area contributed by atoms with E-state index in [4.69, 9.17) is 26.8 Å². The molecule has 1 amide bonds. The average Bonchev–Trinajstić information content (AvgIpc) is 2.71. The fraction of sp³-hybridized carbons (Fsp3) is 0.143. The maximum absolute atomic E-state index is 12.5. The summed E-state index contributed by atoms with van der Waals surface area (Å²) >= 11 is 5.95. The Balaban J connectivity index is 1.74. The van der Waals surface area contributed by atoms with Crippen LogP contribution in [0.4, 0.5) is 11.5 Å². The molecule has 0 spiro atoms. The molecule has 1 atom stereocenters. The van der Waals surface area contributed by atoms with Crippen molar-refractivity contribution in [3.8, 4) is 11.5 Å². The first-order valence-electron chi connectivity index (χ1n) is 8.59. The van der Waals surface area contributed by atoms with Crippen molar-refractivity contribution in [2.75, 3.05) is 18.2 Å². The Bertz CT molecular complexity index is 994. The lowest BCUT2D eigenvalue weighted by atomic mass is 10.1. The van der Waals surface area contributed by atoms with Crippen LogP contribution < -0.4 is 20.5 Å². The summed E-state index contributed by atoms with van der Waals surface area (Å²) in [5, 5.41) is 3.32. The van der Waals surface area contributed by atoms with Gasteiger partial charge in [0.05, 0.1) is 12.1 Å². The molecule has 1 aromatic heterocycles. The van der Waals surface area contributed by atoms with Gasteiger partial charge < -0.3 is 20.5 Å². The Labute approximate surface area is 168 Å². The first kappa shape index (κ1) is 19.5. The molecule has 3 rings (SSSR count). The van der Waals surface area contributed by atoms with Crippen LogP contribution >= 0.6 is 11.6 Å². The van der Waals surface area contributed by atoms with Gasteiger partial charge in [0, 0.05) is 23.5 Å². The molecule has 7 heteroatoms. The second kappa shape index (κ2) is 8.63. The fourth-order valence-electron chi connectivity index (χ4n) is 2.62. The van der Waals surface area contributed by atoms with Crippen LogP contribution in [0.3, 0.4) is 0 Å². The van der Waals surface area contributed by atoms with Gasteiger partial charge in [-0.15, -0.1) is 0 Å². The second-order valence-electron chi connectivity index (χ2n) is 6.11. The van der Waals surface area contributed by atoms with Crippen molar-refractivity contribution < 1.29 is 14.3 Å². The summed E-state index contributed by atoms with van der Waals surface area (Å²) in [5.41, 5.74) is 7.86. The van der Waals surface area contributed by atoms with Crippen LogP contribution in [0.15, 0.2) is 60.8 Å². The lowest BCUT2D eigenvalue weighted by Gasteiger charge is -2.17. The number of nitrogens with one attached hydrogen (secondary N) is 1. The number of rotatable bonds is 6. The second-order valence-corrected chi connectivity index (χ2v) is 6.54. The highest BCUT2D eigenvalue weighted by molar-refractivity contribution is 6.30. The van der Waals surface area contributed by atoms with Crippen LogP contribution in [0.1, 0.15) is 28.9 Å². The minimum absolute atomic E-state index is 0.229. The van der Waals surface area contributed by atoms with Gasteiger partial charge in [0.25, 0.3) is 5.91 Å². The van der Waals surface area contributed by atoms with Crippen LogP contribution in [-0.4, -0.2) is 18.0 Å².